The van der Waals surface area contributed by atoms with Gasteiger partial charge in [0, 0.05) is 36.5 Å². The number of nitrogen functional groups attached to an aromatic ring is 1. The SMILES string of the molecule is Cc1nnc2nc(N[C@H](C)c3cc(N)cc(C(F)(F)F)c3)c3c(n12)CCNC3. The monoisotopic (exact) mass is 391 g/mol. The molecule has 0 amide bonds. The van der Waals surface area contributed by atoms with Crippen LogP contribution in [0.3, 0.4) is 0 Å². The van der Waals surface area contributed by atoms with Crippen molar-refractivity contribution in [2.75, 3.05) is 17.6 Å². The molecule has 7 nitrogen and oxygen atoms in total. The number of hydrogen-bond acceptors (Lipinski definition) is 6. The minimum atomic E-state index is -4.46. The van der Waals surface area contributed by atoms with E-state index in [-0.39, 0.29) is 5.69 Å². The zero-order valence-electron chi connectivity index (χ0n) is 15.4. The van der Waals surface area contributed by atoms with Crippen molar-refractivity contribution in [2.24, 2.45) is 0 Å². The minimum absolute atomic E-state index is 0.0682. The van der Waals surface area contributed by atoms with Gasteiger partial charge in [0.15, 0.2) is 0 Å². The highest BCUT2D eigenvalue weighted by atomic mass is 19.4. The Morgan fingerprint density at radius 1 is 1.25 bits per heavy atom. The third kappa shape index (κ3) is 3.24. The Morgan fingerprint density at radius 2 is 2.04 bits per heavy atom. The van der Waals surface area contributed by atoms with Crippen LogP contribution in [0.2, 0.25) is 0 Å². The Kier molecular flexibility index (Phi) is 4.37. The highest BCUT2D eigenvalue weighted by Gasteiger charge is 2.31. The van der Waals surface area contributed by atoms with Crippen LogP contribution in [0.4, 0.5) is 24.7 Å². The highest BCUT2D eigenvalue weighted by Crippen LogP contribution is 2.34. The third-order valence-electron chi connectivity index (χ3n) is 4.92. The van der Waals surface area contributed by atoms with Crippen LogP contribution in [-0.4, -0.2) is 26.1 Å². The lowest BCUT2D eigenvalue weighted by Gasteiger charge is -2.24. The van der Waals surface area contributed by atoms with E-state index >= 15 is 0 Å². The Labute approximate surface area is 159 Å². The van der Waals surface area contributed by atoms with E-state index in [9.17, 15) is 13.2 Å². The first kappa shape index (κ1) is 18.5. The number of rotatable bonds is 3. The summed E-state index contributed by atoms with van der Waals surface area (Å²) >= 11 is 0. The van der Waals surface area contributed by atoms with Crippen molar-refractivity contribution in [3.05, 3.63) is 46.4 Å². The molecule has 0 aliphatic carbocycles. The summed E-state index contributed by atoms with van der Waals surface area (Å²) in [6.45, 7) is 5.07. The van der Waals surface area contributed by atoms with Gasteiger partial charge in [0.2, 0.25) is 0 Å². The first-order valence-electron chi connectivity index (χ1n) is 8.92. The second-order valence-corrected chi connectivity index (χ2v) is 6.95. The highest BCUT2D eigenvalue weighted by molar-refractivity contribution is 5.56. The molecule has 0 fully saturated rings. The number of halogens is 3. The largest absolute Gasteiger partial charge is 0.416 e. The van der Waals surface area contributed by atoms with Gasteiger partial charge in [-0.3, -0.25) is 4.40 Å². The van der Waals surface area contributed by atoms with Gasteiger partial charge >= 0.3 is 6.18 Å². The maximum absolute atomic E-state index is 13.1. The van der Waals surface area contributed by atoms with Gasteiger partial charge in [0.05, 0.1) is 11.6 Å². The summed E-state index contributed by atoms with van der Waals surface area (Å²) < 4.78 is 41.3. The van der Waals surface area contributed by atoms with Crippen LogP contribution in [0.5, 0.6) is 0 Å². The molecule has 4 rings (SSSR count). The van der Waals surface area contributed by atoms with Gasteiger partial charge < -0.3 is 16.4 Å². The molecule has 4 N–H and O–H groups in total. The fraction of sp³-hybridized carbons (Fsp3) is 0.389. The number of benzene rings is 1. The van der Waals surface area contributed by atoms with Crippen molar-refractivity contribution in [2.45, 2.75) is 39.0 Å². The van der Waals surface area contributed by atoms with Gasteiger partial charge in [-0.15, -0.1) is 10.2 Å². The average molecular weight is 391 g/mol. The number of anilines is 2. The molecule has 1 atom stereocenters. The fourth-order valence-electron chi connectivity index (χ4n) is 3.55. The normalized spacial score (nSPS) is 15.5. The van der Waals surface area contributed by atoms with E-state index in [1.54, 1.807) is 6.92 Å². The van der Waals surface area contributed by atoms with Gasteiger partial charge in [0.25, 0.3) is 5.78 Å². The maximum atomic E-state index is 13.1. The number of hydrogen-bond donors (Lipinski definition) is 3. The van der Waals surface area contributed by atoms with Gasteiger partial charge in [-0.05, 0) is 37.6 Å². The van der Waals surface area contributed by atoms with Gasteiger partial charge in [-0.1, -0.05) is 0 Å². The van der Waals surface area contributed by atoms with E-state index in [1.165, 1.54) is 6.07 Å². The molecule has 148 valence electrons. The summed E-state index contributed by atoms with van der Waals surface area (Å²) in [6, 6.07) is 3.15. The predicted octanol–water partition coefficient (Wildman–Crippen LogP) is 2.85. The molecule has 0 unspecified atom stereocenters. The molecule has 1 aliphatic heterocycles. The van der Waals surface area contributed by atoms with Crippen LogP contribution in [-0.2, 0) is 19.1 Å². The summed E-state index contributed by atoms with van der Waals surface area (Å²) in [4.78, 5) is 4.55. The number of aryl methyl sites for hydroxylation is 1. The van der Waals surface area contributed by atoms with Gasteiger partial charge in [0.1, 0.15) is 11.6 Å². The van der Waals surface area contributed by atoms with Crippen LogP contribution in [0, 0.1) is 6.92 Å². The first-order valence-corrected chi connectivity index (χ1v) is 8.92. The number of nitrogens with two attached hydrogens (primary N) is 1. The second-order valence-electron chi connectivity index (χ2n) is 6.95. The summed E-state index contributed by atoms with van der Waals surface area (Å²) in [5.41, 5.74) is 7.46. The molecule has 0 saturated heterocycles. The van der Waals surface area contributed by atoms with E-state index in [4.69, 9.17) is 5.73 Å². The van der Waals surface area contributed by atoms with Crippen molar-refractivity contribution in [1.82, 2.24) is 24.9 Å². The van der Waals surface area contributed by atoms with E-state index in [1.807, 2.05) is 11.3 Å². The molecule has 0 radical (unpaired) electrons. The van der Waals surface area contributed by atoms with Crippen molar-refractivity contribution in [3.8, 4) is 0 Å². The second kappa shape index (κ2) is 6.62. The number of nitrogens with zero attached hydrogens (tertiary/aromatic N) is 4. The Balaban J connectivity index is 1.74. The minimum Gasteiger partial charge on any atom is -0.399 e. The first-order chi connectivity index (χ1) is 13.2. The zero-order chi connectivity index (χ0) is 20.1. The molecule has 0 saturated carbocycles. The molecule has 10 heteroatoms. The van der Waals surface area contributed by atoms with Crippen LogP contribution in [0.25, 0.3) is 5.78 Å². The lowest BCUT2D eigenvalue weighted by atomic mass is 10.0. The molecule has 0 bridgehead atoms. The van der Waals surface area contributed by atoms with E-state index in [0.29, 0.717) is 23.7 Å². The standard InChI is InChI=1S/C18H20F3N7/c1-9(11-5-12(18(19,20)21)7-13(22)6-11)24-16-14-8-23-4-3-15(14)28-10(2)26-27-17(28)25-16/h5-7,9,23H,3-4,8,22H2,1-2H3,(H,24,25,27)/t9-/m1/s1. The zero-order valence-corrected chi connectivity index (χ0v) is 15.4. The van der Waals surface area contributed by atoms with Crippen LogP contribution in [0.15, 0.2) is 18.2 Å². The van der Waals surface area contributed by atoms with Crippen molar-refractivity contribution >= 4 is 17.3 Å². The van der Waals surface area contributed by atoms with Gasteiger partial charge in [-0.2, -0.15) is 18.2 Å². The Hall–Kier alpha value is -2.88. The summed E-state index contributed by atoms with van der Waals surface area (Å²) in [5.74, 6) is 1.81. The van der Waals surface area contributed by atoms with Gasteiger partial charge in [-0.25, -0.2) is 0 Å². The molecular formula is C18H20F3N7. The maximum Gasteiger partial charge on any atom is 0.416 e. The average Bonchev–Trinajstić information content (AvgIpc) is 3.01. The molecule has 28 heavy (non-hydrogen) atoms. The van der Waals surface area contributed by atoms with Crippen molar-refractivity contribution in [1.29, 1.82) is 0 Å². The molecule has 3 heterocycles. The summed E-state index contributed by atoms with van der Waals surface area (Å²) in [7, 11) is 0. The van der Waals surface area contributed by atoms with Crippen LogP contribution >= 0.6 is 0 Å². The fourth-order valence-corrected chi connectivity index (χ4v) is 3.55. The molecule has 2 aromatic heterocycles. The van der Waals surface area contributed by atoms with E-state index in [0.717, 1.165) is 42.2 Å². The van der Waals surface area contributed by atoms with Crippen molar-refractivity contribution < 1.29 is 13.2 Å². The summed E-state index contributed by atoms with van der Waals surface area (Å²) in [5, 5.41) is 14.7. The number of fused-ring (bicyclic) bond motifs is 3. The molecule has 3 aromatic rings. The van der Waals surface area contributed by atoms with Crippen LogP contribution in [0.1, 0.15) is 41.2 Å². The smallest absolute Gasteiger partial charge is 0.399 e. The molecule has 1 aliphatic rings. The predicted molar refractivity (Wildman–Crippen MR) is 98.8 cm³/mol. The molecular weight excluding hydrogens is 371 g/mol. The number of aromatic nitrogens is 4. The number of alkyl halides is 3. The summed E-state index contributed by atoms with van der Waals surface area (Å²) in [6.07, 6.45) is -3.67. The molecule has 0 spiro atoms. The quantitative estimate of drug-likeness (QED) is 0.595. The Bertz CT molecular complexity index is 1040. The van der Waals surface area contributed by atoms with E-state index in [2.05, 4.69) is 25.8 Å². The van der Waals surface area contributed by atoms with E-state index < -0.39 is 17.8 Å². The lowest BCUT2D eigenvalue weighted by molar-refractivity contribution is -0.137. The topological polar surface area (TPSA) is 93.2 Å². The lowest BCUT2D eigenvalue weighted by Crippen LogP contribution is -2.28. The molecule has 1 aromatic carbocycles. The number of nitrogens with one attached hydrogen (secondary N) is 2. The van der Waals surface area contributed by atoms with Crippen LogP contribution < -0.4 is 16.4 Å². The third-order valence-corrected chi connectivity index (χ3v) is 4.92. The van der Waals surface area contributed by atoms with Crippen molar-refractivity contribution in [3.63, 3.8) is 0 Å². The Morgan fingerprint density at radius 3 is 2.79 bits per heavy atom.